The molecule has 0 fully saturated rings. The molecule has 1 atom stereocenters. The van der Waals surface area contributed by atoms with Crippen molar-refractivity contribution in [1.29, 1.82) is 0 Å². The van der Waals surface area contributed by atoms with Gasteiger partial charge in [-0.3, -0.25) is 4.79 Å². The average Bonchev–Trinajstić information content (AvgIpc) is 3.16. The zero-order valence-electron chi connectivity index (χ0n) is 17.1. The Labute approximate surface area is 180 Å². The van der Waals surface area contributed by atoms with Gasteiger partial charge in [0.1, 0.15) is 12.1 Å². The van der Waals surface area contributed by atoms with Crippen LogP contribution in [0, 0.1) is 5.82 Å². The molecule has 3 aromatic rings. The second-order valence-electron chi connectivity index (χ2n) is 7.06. The Hall–Kier alpha value is -3.35. The second kappa shape index (κ2) is 8.65. The van der Waals surface area contributed by atoms with E-state index in [0.29, 0.717) is 23.6 Å². The second-order valence-corrected chi connectivity index (χ2v) is 9.61. The normalized spacial score (nSPS) is 13.0. The number of hydrogen-bond acceptors (Lipinski definition) is 6. The fourth-order valence-corrected chi connectivity index (χ4v) is 3.38. The predicted octanol–water partition coefficient (Wildman–Crippen LogP) is 3.67. The van der Waals surface area contributed by atoms with E-state index >= 15 is 0 Å². The third-order valence-electron chi connectivity index (χ3n) is 4.12. The topological polar surface area (TPSA) is 102 Å². The minimum atomic E-state index is -4.93. The van der Waals surface area contributed by atoms with Crippen molar-refractivity contribution in [2.24, 2.45) is 4.36 Å². The average molecular weight is 470 g/mol. The third kappa shape index (κ3) is 5.46. The van der Waals surface area contributed by atoms with Crippen LogP contribution in [0.5, 0.6) is 0 Å². The summed E-state index contributed by atoms with van der Waals surface area (Å²) in [6.07, 6.45) is 0.661. The third-order valence-corrected chi connectivity index (χ3v) is 4.77. The molecule has 8 nitrogen and oxygen atoms in total. The van der Waals surface area contributed by atoms with Crippen molar-refractivity contribution >= 4 is 21.3 Å². The lowest BCUT2D eigenvalue weighted by atomic mass is 10.1. The van der Waals surface area contributed by atoms with E-state index in [1.807, 2.05) is 0 Å². The van der Waals surface area contributed by atoms with Crippen LogP contribution < -0.4 is 5.32 Å². The van der Waals surface area contributed by atoms with Crippen molar-refractivity contribution < 1.29 is 26.6 Å². The van der Waals surface area contributed by atoms with Crippen molar-refractivity contribution in [3.8, 4) is 5.82 Å². The maximum Gasteiger partial charge on any atom is 0.419 e. The summed E-state index contributed by atoms with van der Waals surface area (Å²) in [6, 6.07) is 4.37. The number of halogens is 4. The SMILES string of the molecule is C[C@H](NC(=O)c1ccc(F)c(C(F)(F)F)c1)c1ncnn1-c1ccc(N=S(C)(C)=O)cn1. The van der Waals surface area contributed by atoms with Crippen molar-refractivity contribution in [2.75, 3.05) is 12.5 Å². The molecule has 1 N–H and O–H groups in total. The Kier molecular flexibility index (Phi) is 6.30. The van der Waals surface area contributed by atoms with Crippen LogP contribution in [-0.2, 0) is 15.9 Å². The highest BCUT2D eigenvalue weighted by Gasteiger charge is 2.34. The number of carbonyl (C=O) groups excluding carboxylic acids is 1. The Morgan fingerprint density at radius 1 is 1.19 bits per heavy atom. The summed E-state index contributed by atoms with van der Waals surface area (Å²) < 4.78 is 69.4. The molecule has 32 heavy (non-hydrogen) atoms. The molecule has 1 amide bonds. The summed E-state index contributed by atoms with van der Waals surface area (Å²) >= 11 is 0. The van der Waals surface area contributed by atoms with Crippen LogP contribution in [0.25, 0.3) is 5.82 Å². The van der Waals surface area contributed by atoms with Gasteiger partial charge in [0, 0.05) is 27.8 Å². The van der Waals surface area contributed by atoms with Gasteiger partial charge in [-0.1, -0.05) is 0 Å². The zero-order chi connectivity index (χ0) is 23.7. The van der Waals surface area contributed by atoms with Gasteiger partial charge in [0.2, 0.25) is 0 Å². The van der Waals surface area contributed by atoms with Crippen LogP contribution >= 0.6 is 0 Å². The summed E-state index contributed by atoms with van der Waals surface area (Å²) in [6.45, 7) is 1.56. The van der Waals surface area contributed by atoms with E-state index in [1.165, 1.54) is 29.7 Å². The van der Waals surface area contributed by atoms with Crippen LogP contribution in [0.15, 0.2) is 47.2 Å². The van der Waals surface area contributed by atoms with E-state index in [4.69, 9.17) is 0 Å². The Bertz CT molecular complexity index is 1260. The number of nitrogens with zero attached hydrogens (tertiary/aromatic N) is 5. The van der Waals surface area contributed by atoms with Gasteiger partial charge >= 0.3 is 6.18 Å². The molecule has 2 heterocycles. The van der Waals surface area contributed by atoms with E-state index in [2.05, 4.69) is 24.7 Å². The van der Waals surface area contributed by atoms with Crippen LogP contribution in [0.3, 0.4) is 0 Å². The summed E-state index contributed by atoms with van der Waals surface area (Å²) in [5.74, 6) is -1.73. The van der Waals surface area contributed by atoms with E-state index in [0.717, 1.165) is 6.07 Å². The quantitative estimate of drug-likeness (QED) is 0.574. The highest BCUT2D eigenvalue weighted by Crippen LogP contribution is 2.32. The Morgan fingerprint density at radius 2 is 1.91 bits per heavy atom. The summed E-state index contributed by atoms with van der Waals surface area (Å²) in [7, 11) is -2.36. The smallest absolute Gasteiger partial charge is 0.342 e. The van der Waals surface area contributed by atoms with Gasteiger partial charge in [-0.15, -0.1) is 0 Å². The first-order valence-corrected chi connectivity index (χ1v) is 11.4. The highest BCUT2D eigenvalue weighted by molar-refractivity contribution is 7.92. The van der Waals surface area contributed by atoms with Crippen molar-refractivity contribution in [3.63, 3.8) is 0 Å². The monoisotopic (exact) mass is 470 g/mol. The molecule has 0 bridgehead atoms. The van der Waals surface area contributed by atoms with E-state index in [1.54, 1.807) is 19.1 Å². The minimum Gasteiger partial charge on any atom is -0.342 e. The highest BCUT2D eigenvalue weighted by atomic mass is 32.2. The van der Waals surface area contributed by atoms with Gasteiger partial charge in [-0.2, -0.15) is 27.3 Å². The van der Waals surface area contributed by atoms with Crippen molar-refractivity contribution in [2.45, 2.75) is 19.1 Å². The molecule has 0 unspecified atom stereocenters. The molecule has 1 aromatic carbocycles. The molecular weight excluding hydrogens is 452 g/mol. The number of hydrogen-bond donors (Lipinski definition) is 1. The molecule has 0 saturated carbocycles. The van der Waals surface area contributed by atoms with Gasteiger partial charge in [-0.05, 0) is 37.3 Å². The number of pyridine rings is 1. The van der Waals surface area contributed by atoms with E-state index in [-0.39, 0.29) is 11.4 Å². The van der Waals surface area contributed by atoms with Crippen LogP contribution in [0.1, 0.15) is 34.7 Å². The lowest BCUT2D eigenvalue weighted by Gasteiger charge is -2.15. The molecule has 0 aliphatic carbocycles. The van der Waals surface area contributed by atoms with Crippen molar-refractivity contribution in [1.82, 2.24) is 25.1 Å². The van der Waals surface area contributed by atoms with Gasteiger partial charge in [0.25, 0.3) is 5.91 Å². The molecule has 0 spiro atoms. The maximum absolute atomic E-state index is 13.5. The molecule has 0 radical (unpaired) electrons. The molecular formula is C19H18F4N6O2S. The van der Waals surface area contributed by atoms with Gasteiger partial charge in [-0.25, -0.2) is 18.6 Å². The summed E-state index contributed by atoms with van der Waals surface area (Å²) in [4.78, 5) is 20.7. The Morgan fingerprint density at radius 3 is 2.50 bits per heavy atom. The first-order chi connectivity index (χ1) is 14.8. The van der Waals surface area contributed by atoms with Crippen LogP contribution in [0.4, 0.5) is 23.2 Å². The lowest BCUT2D eigenvalue weighted by Crippen LogP contribution is -2.29. The number of aromatic nitrogens is 4. The molecule has 170 valence electrons. The molecule has 0 saturated heterocycles. The number of benzene rings is 1. The van der Waals surface area contributed by atoms with E-state index < -0.39 is 39.2 Å². The largest absolute Gasteiger partial charge is 0.419 e. The minimum absolute atomic E-state index is 0.253. The fourth-order valence-electron chi connectivity index (χ4n) is 2.76. The lowest BCUT2D eigenvalue weighted by molar-refractivity contribution is -0.140. The molecule has 3 rings (SSSR count). The van der Waals surface area contributed by atoms with Gasteiger partial charge in [0.15, 0.2) is 11.6 Å². The molecule has 13 heteroatoms. The molecule has 0 aliphatic rings. The maximum atomic E-state index is 13.5. The van der Waals surface area contributed by atoms with Gasteiger partial charge < -0.3 is 5.32 Å². The summed E-state index contributed by atoms with van der Waals surface area (Å²) in [5, 5.41) is 6.57. The van der Waals surface area contributed by atoms with Crippen molar-refractivity contribution in [3.05, 3.63) is 65.6 Å². The fraction of sp³-hybridized carbons (Fsp3) is 0.263. The van der Waals surface area contributed by atoms with Crippen LogP contribution in [0.2, 0.25) is 0 Å². The number of rotatable bonds is 5. The van der Waals surface area contributed by atoms with Crippen LogP contribution in [-0.4, -0.2) is 42.4 Å². The van der Waals surface area contributed by atoms with Gasteiger partial charge in [0.05, 0.1) is 23.5 Å². The molecule has 2 aromatic heterocycles. The number of alkyl halides is 3. The first-order valence-electron chi connectivity index (χ1n) is 9.06. The molecule has 0 aliphatic heterocycles. The predicted molar refractivity (Wildman–Crippen MR) is 109 cm³/mol. The number of amides is 1. The number of carbonyl (C=O) groups is 1. The number of nitrogens with one attached hydrogen (secondary N) is 1. The first kappa shape index (κ1) is 23.3. The summed E-state index contributed by atoms with van der Waals surface area (Å²) in [5.41, 5.74) is -1.48. The van der Waals surface area contributed by atoms with E-state index in [9.17, 15) is 26.6 Å². The Balaban J connectivity index is 1.82. The zero-order valence-corrected chi connectivity index (χ0v) is 17.9. The standard InChI is InChI=1S/C19H18F4N6O2S/c1-11(27-18(30)12-4-6-15(20)14(8-12)19(21,22)23)17-25-10-26-29(17)16-7-5-13(9-24-16)28-32(2,3)31/h4-11H,1-3H3,(H,27,30)/t11-/m0/s1.